The van der Waals surface area contributed by atoms with Crippen molar-refractivity contribution in [3.05, 3.63) is 54.2 Å². The number of aromatic nitrogens is 3. The number of aromatic hydroxyl groups is 1. The van der Waals surface area contributed by atoms with Gasteiger partial charge in [-0.15, -0.1) is 10.2 Å². The van der Waals surface area contributed by atoms with E-state index in [2.05, 4.69) is 21.8 Å². The number of amides is 1. The van der Waals surface area contributed by atoms with Crippen molar-refractivity contribution in [2.45, 2.75) is 25.4 Å². The van der Waals surface area contributed by atoms with Crippen LogP contribution in [0.25, 0.3) is 22.3 Å². The van der Waals surface area contributed by atoms with Crippen LogP contribution in [0.4, 0.5) is 4.39 Å². The molecule has 1 saturated heterocycles. The summed E-state index contributed by atoms with van der Waals surface area (Å²) in [5.74, 6) is -0.578. The van der Waals surface area contributed by atoms with Crippen LogP contribution in [0.15, 0.2) is 43.0 Å². The molecule has 1 aliphatic rings. The van der Waals surface area contributed by atoms with Crippen LogP contribution in [-0.4, -0.2) is 50.4 Å². The number of fused-ring (bicyclic) bond motifs is 1. The molecule has 0 aliphatic carbocycles. The van der Waals surface area contributed by atoms with E-state index in [-0.39, 0.29) is 18.2 Å². The number of hydrogen-bond acceptors (Lipinski definition) is 4. The van der Waals surface area contributed by atoms with Crippen molar-refractivity contribution in [3.63, 3.8) is 0 Å². The molecule has 1 fully saturated rings. The van der Waals surface area contributed by atoms with Crippen molar-refractivity contribution in [3.8, 4) is 17.0 Å². The standard InChI is InChI=1S/C21H21FN4O2/c1-3-12-14-9-17(13-7-5-6-8-18(13)27)24-25-21(14)23-20(12)15-10-26(11-16(15)22)19(28)4-2/h4-9,15-16,27H,2-3,10-11H2,1H3,(H,23,25). The number of H-pyrrole nitrogens is 1. The van der Waals surface area contributed by atoms with Crippen LogP contribution in [0.3, 0.4) is 0 Å². The van der Waals surface area contributed by atoms with Crippen molar-refractivity contribution >= 4 is 16.9 Å². The summed E-state index contributed by atoms with van der Waals surface area (Å²) in [6.45, 7) is 5.84. The van der Waals surface area contributed by atoms with Crippen molar-refractivity contribution in [1.82, 2.24) is 20.1 Å². The van der Waals surface area contributed by atoms with Crippen LogP contribution < -0.4 is 0 Å². The van der Waals surface area contributed by atoms with Crippen LogP contribution in [0.5, 0.6) is 5.75 Å². The third kappa shape index (κ3) is 2.93. The van der Waals surface area contributed by atoms with Gasteiger partial charge in [-0.2, -0.15) is 0 Å². The first-order valence-electron chi connectivity index (χ1n) is 9.25. The van der Waals surface area contributed by atoms with Gasteiger partial charge in [0.1, 0.15) is 11.9 Å². The molecule has 2 N–H and O–H groups in total. The van der Waals surface area contributed by atoms with E-state index in [1.54, 1.807) is 18.2 Å². The van der Waals surface area contributed by atoms with Gasteiger partial charge in [-0.05, 0) is 36.3 Å². The Balaban J connectivity index is 1.78. The molecule has 1 aliphatic heterocycles. The lowest BCUT2D eigenvalue weighted by Gasteiger charge is -2.14. The van der Waals surface area contributed by atoms with Crippen molar-refractivity contribution in [2.75, 3.05) is 13.1 Å². The predicted octanol–water partition coefficient (Wildman–Crippen LogP) is 3.34. The van der Waals surface area contributed by atoms with Crippen molar-refractivity contribution in [1.29, 1.82) is 0 Å². The van der Waals surface area contributed by atoms with E-state index in [4.69, 9.17) is 0 Å². The molecule has 7 heteroatoms. The van der Waals surface area contributed by atoms with Gasteiger partial charge in [0.2, 0.25) is 5.91 Å². The maximum Gasteiger partial charge on any atom is 0.246 e. The number of para-hydroxylation sites is 1. The first-order chi connectivity index (χ1) is 13.5. The molecule has 144 valence electrons. The van der Waals surface area contributed by atoms with Gasteiger partial charge < -0.3 is 15.0 Å². The zero-order chi connectivity index (χ0) is 19.8. The van der Waals surface area contributed by atoms with Crippen LogP contribution in [-0.2, 0) is 11.2 Å². The van der Waals surface area contributed by atoms with Gasteiger partial charge in [-0.25, -0.2) is 4.39 Å². The average molecular weight is 380 g/mol. The van der Waals surface area contributed by atoms with Gasteiger partial charge in [0.05, 0.1) is 18.2 Å². The second kappa shape index (κ2) is 7.07. The average Bonchev–Trinajstić information content (AvgIpc) is 3.27. The normalized spacial score (nSPS) is 19.3. The summed E-state index contributed by atoms with van der Waals surface area (Å²) in [5.41, 5.74) is 3.44. The molecule has 6 nitrogen and oxygen atoms in total. The highest BCUT2D eigenvalue weighted by Crippen LogP contribution is 2.36. The Bertz CT molecular complexity index is 1060. The minimum atomic E-state index is -1.16. The van der Waals surface area contributed by atoms with E-state index in [9.17, 15) is 14.3 Å². The van der Waals surface area contributed by atoms with Crippen molar-refractivity contribution in [2.24, 2.45) is 0 Å². The van der Waals surface area contributed by atoms with Gasteiger partial charge in [0.15, 0.2) is 5.65 Å². The molecular weight excluding hydrogens is 359 g/mol. The van der Waals surface area contributed by atoms with E-state index in [0.717, 1.165) is 16.6 Å². The molecule has 2 aromatic heterocycles. The largest absolute Gasteiger partial charge is 0.507 e. The van der Waals surface area contributed by atoms with Crippen LogP contribution in [0, 0.1) is 0 Å². The molecule has 28 heavy (non-hydrogen) atoms. The lowest BCUT2D eigenvalue weighted by Crippen LogP contribution is -2.27. The number of phenols is 1. The second-order valence-corrected chi connectivity index (χ2v) is 6.95. The molecule has 0 radical (unpaired) electrons. The quantitative estimate of drug-likeness (QED) is 0.680. The van der Waals surface area contributed by atoms with E-state index in [0.29, 0.717) is 29.9 Å². The number of alkyl halides is 1. The SMILES string of the molecule is C=CC(=O)N1CC(F)C(c2[nH]c3nnc(-c4ccccc4O)cc3c2CC)C1. The molecule has 0 saturated carbocycles. The van der Waals surface area contributed by atoms with Crippen LogP contribution in [0.2, 0.25) is 0 Å². The third-order valence-corrected chi connectivity index (χ3v) is 5.34. The Labute approximate surface area is 161 Å². The molecular formula is C21H21FN4O2. The Hall–Kier alpha value is -3.22. The molecule has 4 rings (SSSR count). The number of carbonyl (C=O) groups excluding carboxylic acids is 1. The van der Waals surface area contributed by atoms with E-state index < -0.39 is 12.1 Å². The topological polar surface area (TPSA) is 82.1 Å². The molecule has 2 atom stereocenters. The lowest BCUT2D eigenvalue weighted by molar-refractivity contribution is -0.125. The zero-order valence-electron chi connectivity index (χ0n) is 15.5. The van der Waals surface area contributed by atoms with Crippen LogP contribution >= 0.6 is 0 Å². The maximum atomic E-state index is 14.7. The fourth-order valence-electron chi connectivity index (χ4n) is 3.93. The molecule has 3 heterocycles. The van der Waals surface area contributed by atoms with Gasteiger partial charge >= 0.3 is 0 Å². The number of nitrogens with one attached hydrogen (secondary N) is 1. The van der Waals surface area contributed by atoms with Gasteiger partial charge in [-0.1, -0.05) is 25.6 Å². The summed E-state index contributed by atoms with van der Waals surface area (Å²) in [4.78, 5) is 16.6. The molecule has 2 unspecified atom stereocenters. The lowest BCUT2D eigenvalue weighted by atomic mass is 9.96. The number of carbonyl (C=O) groups is 1. The zero-order valence-corrected chi connectivity index (χ0v) is 15.5. The molecule has 1 amide bonds. The number of hydrogen-bond donors (Lipinski definition) is 2. The number of benzene rings is 1. The summed E-state index contributed by atoms with van der Waals surface area (Å²) in [5, 5.41) is 19.4. The second-order valence-electron chi connectivity index (χ2n) is 6.95. The molecule has 0 spiro atoms. The Morgan fingerprint density at radius 2 is 2.18 bits per heavy atom. The highest BCUT2D eigenvalue weighted by Gasteiger charge is 2.38. The Morgan fingerprint density at radius 3 is 2.89 bits per heavy atom. The van der Waals surface area contributed by atoms with E-state index in [1.165, 1.54) is 11.0 Å². The summed E-state index contributed by atoms with van der Waals surface area (Å²) < 4.78 is 14.7. The van der Waals surface area contributed by atoms with Crippen molar-refractivity contribution < 1.29 is 14.3 Å². The monoisotopic (exact) mass is 380 g/mol. The Morgan fingerprint density at radius 1 is 1.39 bits per heavy atom. The van der Waals surface area contributed by atoms with Crippen LogP contribution in [0.1, 0.15) is 24.1 Å². The highest BCUT2D eigenvalue weighted by molar-refractivity contribution is 5.88. The number of rotatable bonds is 4. The van der Waals surface area contributed by atoms with Gasteiger partial charge in [0.25, 0.3) is 0 Å². The fourth-order valence-corrected chi connectivity index (χ4v) is 3.93. The number of halogens is 1. The summed E-state index contributed by atoms with van der Waals surface area (Å²) in [6.07, 6.45) is 0.734. The smallest absolute Gasteiger partial charge is 0.246 e. The van der Waals surface area contributed by atoms with Gasteiger partial charge in [-0.3, -0.25) is 4.79 Å². The minimum absolute atomic E-state index is 0.0584. The molecule has 0 bridgehead atoms. The fraction of sp³-hybridized carbons (Fsp3) is 0.286. The van der Waals surface area contributed by atoms with E-state index in [1.807, 2.05) is 19.1 Å². The highest BCUT2D eigenvalue weighted by atomic mass is 19.1. The number of likely N-dealkylation sites (tertiary alicyclic amines) is 1. The number of aryl methyl sites for hydroxylation is 1. The minimum Gasteiger partial charge on any atom is -0.507 e. The first kappa shape index (κ1) is 18.2. The number of phenolic OH excluding ortho intramolecular Hbond substituents is 1. The first-order valence-corrected chi connectivity index (χ1v) is 9.25. The predicted molar refractivity (Wildman–Crippen MR) is 105 cm³/mol. The van der Waals surface area contributed by atoms with Gasteiger partial charge in [0, 0.05) is 23.2 Å². The van der Waals surface area contributed by atoms with E-state index >= 15 is 0 Å². The summed E-state index contributed by atoms with van der Waals surface area (Å²) >= 11 is 0. The number of aromatic amines is 1. The third-order valence-electron chi connectivity index (χ3n) is 5.34. The number of nitrogens with zero attached hydrogens (tertiary/aromatic N) is 3. The maximum absolute atomic E-state index is 14.7. The Kier molecular flexibility index (Phi) is 4.58. The summed E-state index contributed by atoms with van der Waals surface area (Å²) in [6, 6.07) is 8.81. The summed E-state index contributed by atoms with van der Waals surface area (Å²) in [7, 11) is 0. The molecule has 1 aromatic carbocycles. The molecule has 3 aromatic rings.